The van der Waals surface area contributed by atoms with E-state index in [4.69, 9.17) is 4.74 Å². The largest absolute Gasteiger partial charge is 0.466 e. The molecule has 0 heterocycles. The van der Waals surface area contributed by atoms with Gasteiger partial charge in [0.25, 0.3) is 0 Å². The van der Waals surface area contributed by atoms with Crippen molar-refractivity contribution in [3.8, 4) is 0 Å². The van der Waals surface area contributed by atoms with Crippen LogP contribution in [0.2, 0.25) is 0 Å². The van der Waals surface area contributed by atoms with Crippen LogP contribution in [0.25, 0.3) is 0 Å². The van der Waals surface area contributed by atoms with Gasteiger partial charge in [0.1, 0.15) is 0 Å². The van der Waals surface area contributed by atoms with Gasteiger partial charge in [0.15, 0.2) is 0 Å². The maximum Gasteiger partial charge on any atom is 0.305 e. The summed E-state index contributed by atoms with van der Waals surface area (Å²) >= 11 is 0. The van der Waals surface area contributed by atoms with E-state index >= 15 is 0 Å². The van der Waals surface area contributed by atoms with Crippen molar-refractivity contribution >= 4 is 11.9 Å². The fraction of sp³-hybridized carbons (Fsp3) is 0.875. The van der Waals surface area contributed by atoms with Crippen LogP contribution in [0.3, 0.4) is 0 Å². The molecular formula is C64H121NO5. The van der Waals surface area contributed by atoms with Crippen LogP contribution in [0.1, 0.15) is 335 Å². The van der Waals surface area contributed by atoms with E-state index < -0.39 is 12.1 Å². The molecule has 3 N–H and O–H groups in total. The molecule has 0 aliphatic heterocycles. The monoisotopic (exact) mass is 984 g/mol. The molecule has 0 aliphatic rings. The number of aliphatic hydroxyl groups excluding tert-OH is 2. The highest BCUT2D eigenvalue weighted by atomic mass is 16.5. The van der Waals surface area contributed by atoms with Crippen molar-refractivity contribution in [3.63, 3.8) is 0 Å². The molecule has 412 valence electrons. The Morgan fingerprint density at radius 2 is 0.671 bits per heavy atom. The number of unbranched alkanes of at least 4 members (excludes halogenated alkanes) is 43. The fourth-order valence-electron chi connectivity index (χ4n) is 9.57. The minimum absolute atomic E-state index is 0.00103. The maximum atomic E-state index is 12.5. The highest BCUT2D eigenvalue weighted by molar-refractivity contribution is 5.76. The van der Waals surface area contributed by atoms with Crippen LogP contribution in [0.5, 0.6) is 0 Å². The number of aliphatic hydroxyl groups is 2. The van der Waals surface area contributed by atoms with Gasteiger partial charge in [0.2, 0.25) is 5.91 Å². The van der Waals surface area contributed by atoms with Crippen LogP contribution in [-0.2, 0) is 14.3 Å². The third kappa shape index (κ3) is 55.4. The van der Waals surface area contributed by atoms with Crippen LogP contribution in [0.4, 0.5) is 0 Å². The molecule has 1 amide bonds. The van der Waals surface area contributed by atoms with E-state index in [2.05, 4.69) is 43.5 Å². The molecule has 0 bridgehead atoms. The Kier molecular flexibility index (Phi) is 58.0. The number of hydrogen-bond donors (Lipinski definition) is 3. The van der Waals surface area contributed by atoms with Crippen molar-refractivity contribution in [3.05, 3.63) is 36.5 Å². The summed E-state index contributed by atoms with van der Waals surface area (Å²) in [4.78, 5) is 24.6. The van der Waals surface area contributed by atoms with Crippen molar-refractivity contribution in [2.75, 3.05) is 13.2 Å². The number of allylic oxidation sites excluding steroid dienone is 5. The van der Waals surface area contributed by atoms with Crippen molar-refractivity contribution < 1.29 is 24.5 Å². The summed E-state index contributed by atoms with van der Waals surface area (Å²) in [6, 6.07) is -0.639. The summed E-state index contributed by atoms with van der Waals surface area (Å²) in [6.07, 6.45) is 74.6. The molecule has 0 aromatic heterocycles. The van der Waals surface area contributed by atoms with Crippen LogP contribution >= 0.6 is 0 Å². The minimum atomic E-state index is -0.854. The molecule has 0 aromatic rings. The van der Waals surface area contributed by atoms with Gasteiger partial charge in [0, 0.05) is 12.8 Å². The quantitative estimate of drug-likeness (QED) is 0.0321. The predicted octanol–water partition coefficient (Wildman–Crippen LogP) is 19.6. The first-order valence-corrected chi connectivity index (χ1v) is 31.3. The summed E-state index contributed by atoms with van der Waals surface area (Å²) < 4.78 is 5.48. The van der Waals surface area contributed by atoms with Crippen LogP contribution in [0, 0.1) is 0 Å². The first-order chi connectivity index (χ1) is 34.5. The Bertz CT molecular complexity index is 1130. The summed E-state index contributed by atoms with van der Waals surface area (Å²) in [6.45, 7) is 4.90. The number of carbonyl (C=O) groups excluding carboxylic acids is 2. The number of esters is 1. The van der Waals surface area contributed by atoms with Gasteiger partial charge in [-0.05, 0) is 83.5 Å². The SMILES string of the molecule is CCCCCCCC/C=C\CCCCCCCCCC(=O)OCCCCCCCCCCC/C=C\CCCCCCCC(=O)NC(CO)C(O)/C=C/CCCCCCCCCCCCCCCCCC. The number of rotatable bonds is 58. The second-order valence-electron chi connectivity index (χ2n) is 21.4. The van der Waals surface area contributed by atoms with E-state index in [1.165, 1.54) is 250 Å². The summed E-state index contributed by atoms with van der Waals surface area (Å²) in [5, 5.41) is 23.2. The highest BCUT2D eigenvalue weighted by Crippen LogP contribution is 2.17. The predicted molar refractivity (Wildman–Crippen MR) is 306 cm³/mol. The molecule has 0 saturated carbocycles. The fourth-order valence-corrected chi connectivity index (χ4v) is 9.57. The first-order valence-electron chi connectivity index (χ1n) is 31.3. The van der Waals surface area contributed by atoms with Crippen LogP contribution in [-0.4, -0.2) is 47.4 Å². The van der Waals surface area contributed by atoms with Crippen LogP contribution < -0.4 is 5.32 Å². The minimum Gasteiger partial charge on any atom is -0.466 e. The van der Waals surface area contributed by atoms with Gasteiger partial charge < -0.3 is 20.3 Å². The Morgan fingerprint density at radius 3 is 1.01 bits per heavy atom. The number of ether oxygens (including phenoxy) is 1. The standard InChI is InChI=1S/C64H121NO5/c1-3-5-7-9-11-13-15-17-19-21-25-28-32-36-40-44-48-52-56-62(67)61(60-66)65-63(68)57-53-49-45-41-37-33-29-26-22-23-27-31-35-39-43-47-51-55-59-70-64(69)58-54-50-46-42-38-34-30-24-20-18-16-14-12-10-8-6-4-2/h18,20,26,29,52,56,61-62,66-67H,3-17,19,21-25,27-28,30-51,53-55,57-60H2,1-2H3,(H,65,68)/b20-18-,29-26-,56-52+. The molecule has 2 unspecified atom stereocenters. The Labute approximate surface area is 436 Å². The van der Waals surface area contributed by atoms with Gasteiger partial charge in [-0.2, -0.15) is 0 Å². The lowest BCUT2D eigenvalue weighted by atomic mass is 10.0. The van der Waals surface area contributed by atoms with Gasteiger partial charge in [0.05, 0.1) is 25.4 Å². The zero-order valence-corrected chi connectivity index (χ0v) is 47.0. The van der Waals surface area contributed by atoms with Gasteiger partial charge in [-0.25, -0.2) is 0 Å². The highest BCUT2D eigenvalue weighted by Gasteiger charge is 2.18. The summed E-state index contributed by atoms with van der Waals surface area (Å²) in [5.74, 6) is -0.0816. The molecule has 6 nitrogen and oxygen atoms in total. The topological polar surface area (TPSA) is 95.9 Å². The van der Waals surface area contributed by atoms with Gasteiger partial charge in [-0.1, -0.05) is 275 Å². The zero-order chi connectivity index (χ0) is 50.7. The third-order valence-electron chi connectivity index (χ3n) is 14.4. The number of hydrogen-bond acceptors (Lipinski definition) is 5. The summed E-state index contributed by atoms with van der Waals surface area (Å²) in [7, 11) is 0. The molecule has 2 atom stereocenters. The van der Waals surface area contributed by atoms with E-state index in [1.807, 2.05) is 6.08 Å². The molecule has 70 heavy (non-hydrogen) atoms. The van der Waals surface area contributed by atoms with E-state index in [0.717, 1.165) is 57.8 Å². The van der Waals surface area contributed by atoms with Gasteiger partial charge >= 0.3 is 5.97 Å². The number of nitrogens with one attached hydrogen (secondary N) is 1. The maximum absolute atomic E-state index is 12.5. The normalized spacial score (nSPS) is 12.8. The lowest BCUT2D eigenvalue weighted by Gasteiger charge is -2.20. The van der Waals surface area contributed by atoms with Crippen molar-refractivity contribution in [2.24, 2.45) is 0 Å². The first kappa shape index (κ1) is 68.1. The lowest BCUT2D eigenvalue weighted by Crippen LogP contribution is -2.45. The molecule has 0 rings (SSSR count). The smallest absolute Gasteiger partial charge is 0.305 e. The number of carbonyl (C=O) groups is 2. The molecule has 0 saturated heterocycles. The lowest BCUT2D eigenvalue weighted by molar-refractivity contribution is -0.143. The molecule has 0 radical (unpaired) electrons. The molecular weight excluding hydrogens is 863 g/mol. The van der Waals surface area contributed by atoms with Gasteiger partial charge in [-0.3, -0.25) is 9.59 Å². The van der Waals surface area contributed by atoms with Crippen molar-refractivity contribution in [1.82, 2.24) is 5.32 Å². The second kappa shape index (κ2) is 59.6. The Balaban J connectivity index is 3.47. The molecule has 0 aliphatic carbocycles. The molecule has 0 fully saturated rings. The third-order valence-corrected chi connectivity index (χ3v) is 14.4. The van der Waals surface area contributed by atoms with Crippen LogP contribution in [0.15, 0.2) is 36.5 Å². The van der Waals surface area contributed by atoms with Crippen molar-refractivity contribution in [2.45, 2.75) is 347 Å². The Hall–Kier alpha value is -1.92. The van der Waals surface area contributed by atoms with E-state index in [1.54, 1.807) is 6.08 Å². The molecule has 0 aromatic carbocycles. The average molecular weight is 985 g/mol. The van der Waals surface area contributed by atoms with E-state index in [0.29, 0.717) is 19.4 Å². The number of amides is 1. The van der Waals surface area contributed by atoms with Crippen molar-refractivity contribution in [1.29, 1.82) is 0 Å². The van der Waals surface area contributed by atoms with E-state index in [9.17, 15) is 19.8 Å². The Morgan fingerprint density at radius 1 is 0.386 bits per heavy atom. The average Bonchev–Trinajstić information content (AvgIpc) is 3.36. The van der Waals surface area contributed by atoms with E-state index in [-0.39, 0.29) is 18.5 Å². The summed E-state index contributed by atoms with van der Waals surface area (Å²) in [5.41, 5.74) is 0. The van der Waals surface area contributed by atoms with Gasteiger partial charge in [-0.15, -0.1) is 0 Å². The zero-order valence-electron chi connectivity index (χ0n) is 47.0. The molecule has 6 heteroatoms. The second-order valence-corrected chi connectivity index (χ2v) is 21.4. The molecule has 0 spiro atoms.